The van der Waals surface area contributed by atoms with Gasteiger partial charge in [-0.1, -0.05) is 11.6 Å². The largest absolute Gasteiger partial charge is 0.303 e. The van der Waals surface area contributed by atoms with Crippen LogP contribution in [-0.2, 0) is 11.2 Å². The fourth-order valence-electron chi connectivity index (χ4n) is 0.949. The van der Waals surface area contributed by atoms with Crippen LogP contribution < -0.4 is 0 Å². The summed E-state index contributed by atoms with van der Waals surface area (Å²) in [4.78, 5) is 10.1. The first kappa shape index (κ1) is 9.99. The average Bonchev–Trinajstić information content (AvgIpc) is 2.07. The Morgan fingerprint density at radius 1 is 1.50 bits per heavy atom. The topological polar surface area (TPSA) is 17.1 Å². The minimum atomic E-state index is 0.541. The van der Waals surface area contributed by atoms with Crippen molar-refractivity contribution >= 4 is 40.5 Å². The molecular weight excluding hydrogens is 286 g/mol. The smallest absolute Gasteiger partial charge is 0.120 e. The number of benzene rings is 1. The van der Waals surface area contributed by atoms with E-state index in [4.69, 9.17) is 11.6 Å². The molecule has 0 aromatic heterocycles. The summed E-state index contributed by atoms with van der Waals surface area (Å²) in [5, 5.41) is 0.747. The summed E-state index contributed by atoms with van der Waals surface area (Å²) in [7, 11) is 0. The lowest BCUT2D eigenvalue weighted by Crippen LogP contribution is -1.88. The fraction of sp³-hybridized carbons (Fsp3) is 0.222. The summed E-state index contributed by atoms with van der Waals surface area (Å²) < 4.78 is 1.15. The van der Waals surface area contributed by atoms with E-state index in [0.29, 0.717) is 6.42 Å². The van der Waals surface area contributed by atoms with Crippen LogP contribution in [0.25, 0.3) is 0 Å². The number of hydrogen-bond donors (Lipinski definition) is 0. The molecule has 3 heteroatoms. The molecule has 0 radical (unpaired) electrons. The van der Waals surface area contributed by atoms with Gasteiger partial charge < -0.3 is 4.79 Å². The number of aldehydes is 1. The molecule has 1 rings (SSSR count). The molecule has 0 saturated carbocycles. The van der Waals surface area contributed by atoms with Crippen LogP contribution in [0.15, 0.2) is 18.2 Å². The van der Waals surface area contributed by atoms with Crippen molar-refractivity contribution in [3.63, 3.8) is 0 Å². The fourth-order valence-corrected chi connectivity index (χ4v) is 1.72. The summed E-state index contributed by atoms with van der Waals surface area (Å²) in [5.74, 6) is 0. The Balaban J connectivity index is 2.82. The molecule has 0 spiro atoms. The second-order valence-electron chi connectivity index (χ2n) is 2.44. The SMILES string of the molecule is O=CCCc1cc(I)ccc1Cl. The molecule has 64 valence electrons. The van der Waals surface area contributed by atoms with Gasteiger partial charge in [0.2, 0.25) is 0 Å². The zero-order valence-electron chi connectivity index (χ0n) is 6.39. The van der Waals surface area contributed by atoms with Crippen molar-refractivity contribution in [2.75, 3.05) is 0 Å². The average molecular weight is 295 g/mol. The van der Waals surface area contributed by atoms with Crippen LogP contribution in [0.2, 0.25) is 5.02 Å². The Bertz CT molecular complexity index is 286. The monoisotopic (exact) mass is 294 g/mol. The van der Waals surface area contributed by atoms with Crippen LogP contribution in [0.3, 0.4) is 0 Å². The maximum atomic E-state index is 10.1. The molecule has 1 aromatic rings. The third kappa shape index (κ3) is 2.75. The Hall–Kier alpha value is -0.0900. The molecule has 0 saturated heterocycles. The molecule has 0 atom stereocenters. The van der Waals surface area contributed by atoms with Gasteiger partial charge in [0.25, 0.3) is 0 Å². The molecule has 0 unspecified atom stereocenters. The molecule has 0 amide bonds. The van der Waals surface area contributed by atoms with Crippen molar-refractivity contribution in [3.8, 4) is 0 Å². The third-order valence-corrected chi connectivity index (χ3v) is 2.58. The van der Waals surface area contributed by atoms with Gasteiger partial charge in [0.1, 0.15) is 6.29 Å². The van der Waals surface area contributed by atoms with Crippen molar-refractivity contribution < 1.29 is 4.79 Å². The number of rotatable bonds is 3. The zero-order chi connectivity index (χ0) is 8.97. The lowest BCUT2D eigenvalue weighted by Gasteiger charge is -2.01. The molecule has 1 aromatic carbocycles. The zero-order valence-corrected chi connectivity index (χ0v) is 9.30. The summed E-state index contributed by atoms with van der Waals surface area (Å²) in [6, 6.07) is 5.82. The highest BCUT2D eigenvalue weighted by atomic mass is 127. The van der Waals surface area contributed by atoms with E-state index >= 15 is 0 Å². The van der Waals surface area contributed by atoms with E-state index in [1.54, 1.807) is 0 Å². The predicted molar refractivity (Wildman–Crippen MR) is 58.6 cm³/mol. The van der Waals surface area contributed by atoms with Crippen molar-refractivity contribution in [1.82, 2.24) is 0 Å². The van der Waals surface area contributed by atoms with Crippen molar-refractivity contribution in [3.05, 3.63) is 32.4 Å². The number of aryl methyl sites for hydroxylation is 1. The first-order valence-electron chi connectivity index (χ1n) is 3.61. The highest BCUT2D eigenvalue weighted by Gasteiger charge is 1.99. The van der Waals surface area contributed by atoms with Gasteiger partial charge in [-0.15, -0.1) is 0 Å². The normalized spacial score (nSPS) is 9.83. The predicted octanol–water partition coefficient (Wildman–Crippen LogP) is 3.08. The summed E-state index contributed by atoms with van der Waals surface area (Å²) in [5.41, 5.74) is 1.05. The Labute approximate surface area is 90.3 Å². The molecule has 0 heterocycles. The van der Waals surface area contributed by atoms with Crippen molar-refractivity contribution in [2.45, 2.75) is 12.8 Å². The van der Waals surface area contributed by atoms with Crippen LogP contribution >= 0.6 is 34.2 Å². The first-order chi connectivity index (χ1) is 5.74. The van der Waals surface area contributed by atoms with E-state index in [0.717, 1.165) is 26.9 Å². The minimum absolute atomic E-state index is 0.541. The quantitative estimate of drug-likeness (QED) is 0.618. The van der Waals surface area contributed by atoms with Gasteiger partial charge in [-0.25, -0.2) is 0 Å². The highest BCUT2D eigenvalue weighted by molar-refractivity contribution is 14.1. The van der Waals surface area contributed by atoms with E-state index in [1.807, 2.05) is 18.2 Å². The maximum Gasteiger partial charge on any atom is 0.120 e. The van der Waals surface area contributed by atoms with Crippen LogP contribution in [0.5, 0.6) is 0 Å². The second-order valence-corrected chi connectivity index (χ2v) is 4.09. The minimum Gasteiger partial charge on any atom is -0.303 e. The van der Waals surface area contributed by atoms with Gasteiger partial charge in [0.05, 0.1) is 0 Å². The Morgan fingerprint density at radius 2 is 2.25 bits per heavy atom. The summed E-state index contributed by atoms with van der Waals surface area (Å²) in [6.07, 6.45) is 2.19. The van der Waals surface area contributed by atoms with Crippen LogP contribution in [0, 0.1) is 3.57 Å². The lowest BCUT2D eigenvalue weighted by molar-refractivity contribution is -0.107. The highest BCUT2D eigenvalue weighted by Crippen LogP contribution is 2.19. The summed E-state index contributed by atoms with van der Waals surface area (Å²) >= 11 is 8.14. The molecule has 0 bridgehead atoms. The van der Waals surface area contributed by atoms with E-state index in [9.17, 15) is 4.79 Å². The van der Waals surface area contributed by atoms with E-state index in [-0.39, 0.29) is 0 Å². The summed E-state index contributed by atoms with van der Waals surface area (Å²) in [6.45, 7) is 0. The molecule has 1 nitrogen and oxygen atoms in total. The molecular formula is C9H8ClIO. The van der Waals surface area contributed by atoms with E-state index in [1.165, 1.54) is 0 Å². The number of carbonyl (C=O) groups is 1. The number of hydrogen-bond acceptors (Lipinski definition) is 1. The number of carbonyl (C=O) groups excluding carboxylic acids is 1. The second kappa shape index (κ2) is 4.82. The lowest BCUT2D eigenvalue weighted by atomic mass is 10.1. The van der Waals surface area contributed by atoms with Crippen LogP contribution in [-0.4, -0.2) is 6.29 Å². The van der Waals surface area contributed by atoms with E-state index in [2.05, 4.69) is 22.6 Å². The van der Waals surface area contributed by atoms with Crippen LogP contribution in [0.4, 0.5) is 0 Å². The Kier molecular flexibility index (Phi) is 4.01. The maximum absolute atomic E-state index is 10.1. The van der Waals surface area contributed by atoms with Crippen molar-refractivity contribution in [1.29, 1.82) is 0 Å². The van der Waals surface area contributed by atoms with Gasteiger partial charge in [-0.2, -0.15) is 0 Å². The molecule has 0 aliphatic carbocycles. The standard InChI is InChI=1S/C9H8ClIO/c10-9-4-3-8(11)6-7(9)2-1-5-12/h3-6H,1-2H2. The van der Waals surface area contributed by atoms with Gasteiger partial charge in [-0.3, -0.25) is 0 Å². The molecule has 0 N–H and O–H groups in total. The molecule has 0 aliphatic heterocycles. The van der Waals surface area contributed by atoms with Crippen molar-refractivity contribution in [2.24, 2.45) is 0 Å². The van der Waals surface area contributed by atoms with Crippen LogP contribution in [0.1, 0.15) is 12.0 Å². The number of halogens is 2. The van der Waals surface area contributed by atoms with E-state index < -0.39 is 0 Å². The third-order valence-electron chi connectivity index (χ3n) is 1.54. The molecule has 12 heavy (non-hydrogen) atoms. The molecule has 0 fully saturated rings. The first-order valence-corrected chi connectivity index (χ1v) is 5.07. The van der Waals surface area contributed by atoms with Gasteiger partial charge >= 0.3 is 0 Å². The van der Waals surface area contributed by atoms with Gasteiger partial charge in [-0.05, 0) is 52.8 Å². The van der Waals surface area contributed by atoms with Gasteiger partial charge in [0, 0.05) is 15.0 Å². The molecule has 0 aliphatic rings. The van der Waals surface area contributed by atoms with Gasteiger partial charge in [0.15, 0.2) is 0 Å². The Morgan fingerprint density at radius 3 is 2.92 bits per heavy atom.